The summed E-state index contributed by atoms with van der Waals surface area (Å²) in [5.74, 6) is -2.45. The molecule has 0 aromatic rings. The summed E-state index contributed by atoms with van der Waals surface area (Å²) >= 11 is 0. The number of hydrogen-bond acceptors (Lipinski definition) is 1. The molecule has 84 valence electrons. The molecule has 14 heavy (non-hydrogen) atoms. The molecule has 0 heterocycles. The van der Waals surface area contributed by atoms with E-state index in [0.717, 1.165) is 19.3 Å². The Labute approximate surface area is 84.8 Å². The summed E-state index contributed by atoms with van der Waals surface area (Å²) in [7, 11) is 1.65. The summed E-state index contributed by atoms with van der Waals surface area (Å²) in [6.45, 7) is 2.11. The van der Waals surface area contributed by atoms with Gasteiger partial charge in [-0.1, -0.05) is 19.8 Å². The molecule has 0 aliphatic heterocycles. The van der Waals surface area contributed by atoms with Crippen molar-refractivity contribution in [2.45, 2.75) is 63.4 Å². The van der Waals surface area contributed by atoms with E-state index in [0.29, 0.717) is 12.8 Å². The van der Waals surface area contributed by atoms with Crippen LogP contribution in [0.2, 0.25) is 0 Å². The maximum Gasteiger partial charge on any atom is 0.248 e. The van der Waals surface area contributed by atoms with Crippen LogP contribution in [0.4, 0.5) is 8.78 Å². The molecule has 0 spiro atoms. The van der Waals surface area contributed by atoms with Crippen molar-refractivity contribution in [3.8, 4) is 0 Å². The number of ether oxygens (including phenoxy) is 1. The fourth-order valence-corrected chi connectivity index (χ4v) is 2.13. The van der Waals surface area contributed by atoms with Gasteiger partial charge in [-0.3, -0.25) is 0 Å². The Morgan fingerprint density at radius 1 is 1.14 bits per heavy atom. The van der Waals surface area contributed by atoms with E-state index in [4.69, 9.17) is 4.74 Å². The molecule has 0 aromatic heterocycles. The lowest BCUT2D eigenvalue weighted by molar-refractivity contribution is -0.122. The van der Waals surface area contributed by atoms with Crippen molar-refractivity contribution in [3.63, 3.8) is 0 Å². The summed E-state index contributed by atoms with van der Waals surface area (Å²) in [5, 5.41) is 0. The van der Waals surface area contributed by atoms with Gasteiger partial charge in [0.05, 0.1) is 5.60 Å². The smallest absolute Gasteiger partial charge is 0.248 e. The van der Waals surface area contributed by atoms with Gasteiger partial charge in [-0.05, 0) is 19.3 Å². The van der Waals surface area contributed by atoms with Gasteiger partial charge in [0.1, 0.15) is 0 Å². The molecule has 1 nitrogen and oxygen atoms in total. The van der Waals surface area contributed by atoms with Crippen LogP contribution in [-0.4, -0.2) is 18.6 Å². The lowest BCUT2D eigenvalue weighted by Crippen LogP contribution is -2.40. The van der Waals surface area contributed by atoms with Gasteiger partial charge in [0, 0.05) is 20.0 Å². The van der Waals surface area contributed by atoms with E-state index in [1.807, 2.05) is 0 Å². The molecule has 0 N–H and O–H groups in total. The van der Waals surface area contributed by atoms with E-state index >= 15 is 0 Å². The standard InChI is InChI=1S/C11H20F2O/c1-3-4-5-10(14-2)6-8-11(12,13)9-7-10/h3-9H2,1-2H3. The Kier molecular flexibility index (Phi) is 3.87. The average Bonchev–Trinajstić information content (AvgIpc) is 2.18. The van der Waals surface area contributed by atoms with Crippen LogP contribution in [0.15, 0.2) is 0 Å². The highest BCUT2D eigenvalue weighted by atomic mass is 19.3. The summed E-state index contributed by atoms with van der Waals surface area (Å²) in [4.78, 5) is 0. The number of halogens is 2. The van der Waals surface area contributed by atoms with Gasteiger partial charge in [-0.25, -0.2) is 8.78 Å². The predicted octanol–water partition coefficient (Wildman–Crippen LogP) is 3.77. The minimum atomic E-state index is -2.45. The van der Waals surface area contributed by atoms with E-state index in [1.54, 1.807) is 7.11 Å². The van der Waals surface area contributed by atoms with Gasteiger partial charge in [0.25, 0.3) is 0 Å². The zero-order chi connectivity index (χ0) is 10.7. The second-order valence-corrected chi connectivity index (χ2v) is 4.35. The van der Waals surface area contributed by atoms with Crippen molar-refractivity contribution >= 4 is 0 Å². The predicted molar refractivity (Wildman–Crippen MR) is 52.7 cm³/mol. The minimum Gasteiger partial charge on any atom is -0.378 e. The highest BCUT2D eigenvalue weighted by molar-refractivity contribution is 4.89. The van der Waals surface area contributed by atoms with Gasteiger partial charge >= 0.3 is 0 Å². The fraction of sp³-hybridized carbons (Fsp3) is 1.00. The molecule has 1 fully saturated rings. The van der Waals surface area contributed by atoms with Crippen LogP contribution in [-0.2, 0) is 4.74 Å². The first-order valence-electron chi connectivity index (χ1n) is 5.47. The van der Waals surface area contributed by atoms with Gasteiger partial charge in [0.15, 0.2) is 0 Å². The van der Waals surface area contributed by atoms with Gasteiger partial charge in [0.2, 0.25) is 5.92 Å². The maximum atomic E-state index is 13.0. The quantitative estimate of drug-likeness (QED) is 0.680. The first kappa shape index (κ1) is 11.9. The normalized spacial score (nSPS) is 24.9. The zero-order valence-electron chi connectivity index (χ0n) is 9.11. The zero-order valence-corrected chi connectivity index (χ0v) is 9.11. The largest absolute Gasteiger partial charge is 0.378 e. The van der Waals surface area contributed by atoms with Crippen molar-refractivity contribution in [2.75, 3.05) is 7.11 Å². The first-order valence-corrected chi connectivity index (χ1v) is 5.47. The molecule has 0 atom stereocenters. The lowest BCUT2D eigenvalue weighted by atomic mass is 9.79. The lowest BCUT2D eigenvalue weighted by Gasteiger charge is -2.39. The minimum absolute atomic E-state index is 0.00937. The summed E-state index contributed by atoms with van der Waals surface area (Å²) in [6.07, 6.45) is 4.10. The molecular weight excluding hydrogens is 186 g/mol. The summed E-state index contributed by atoms with van der Waals surface area (Å²) in [5.41, 5.74) is -0.252. The van der Waals surface area contributed by atoms with Crippen molar-refractivity contribution in [2.24, 2.45) is 0 Å². The first-order chi connectivity index (χ1) is 6.54. The monoisotopic (exact) mass is 206 g/mol. The Balaban J connectivity index is 2.48. The van der Waals surface area contributed by atoms with Crippen LogP contribution < -0.4 is 0 Å². The SMILES string of the molecule is CCCCC1(OC)CCC(F)(F)CC1. The number of methoxy groups -OCH3 is 1. The molecule has 0 radical (unpaired) electrons. The Morgan fingerprint density at radius 3 is 2.14 bits per heavy atom. The average molecular weight is 206 g/mol. The molecule has 1 saturated carbocycles. The Hall–Kier alpha value is -0.180. The highest BCUT2D eigenvalue weighted by Crippen LogP contribution is 2.42. The van der Waals surface area contributed by atoms with Crippen molar-refractivity contribution < 1.29 is 13.5 Å². The fourth-order valence-electron chi connectivity index (χ4n) is 2.13. The second-order valence-electron chi connectivity index (χ2n) is 4.35. The van der Waals surface area contributed by atoms with Crippen molar-refractivity contribution in [1.29, 1.82) is 0 Å². The number of unbranched alkanes of at least 4 members (excludes halogenated alkanes) is 1. The van der Waals surface area contributed by atoms with E-state index in [2.05, 4.69) is 6.92 Å². The van der Waals surface area contributed by atoms with E-state index in [-0.39, 0.29) is 18.4 Å². The van der Waals surface area contributed by atoms with E-state index in [1.165, 1.54) is 0 Å². The third kappa shape index (κ3) is 2.91. The van der Waals surface area contributed by atoms with Crippen molar-refractivity contribution in [3.05, 3.63) is 0 Å². The molecule has 1 aliphatic rings. The van der Waals surface area contributed by atoms with Gasteiger partial charge in [-0.15, -0.1) is 0 Å². The Morgan fingerprint density at radius 2 is 1.71 bits per heavy atom. The molecule has 1 rings (SSSR count). The van der Waals surface area contributed by atoms with Crippen LogP contribution in [0.5, 0.6) is 0 Å². The van der Waals surface area contributed by atoms with Gasteiger partial charge in [-0.2, -0.15) is 0 Å². The molecule has 1 aliphatic carbocycles. The van der Waals surface area contributed by atoms with E-state index < -0.39 is 5.92 Å². The van der Waals surface area contributed by atoms with Crippen LogP contribution >= 0.6 is 0 Å². The number of hydrogen-bond donors (Lipinski definition) is 0. The van der Waals surface area contributed by atoms with Crippen molar-refractivity contribution in [1.82, 2.24) is 0 Å². The van der Waals surface area contributed by atoms with Crippen LogP contribution in [0, 0.1) is 0 Å². The molecule has 0 bridgehead atoms. The molecule has 0 unspecified atom stereocenters. The third-order valence-corrected chi connectivity index (χ3v) is 3.31. The summed E-state index contributed by atoms with van der Waals surface area (Å²) in [6, 6.07) is 0. The maximum absolute atomic E-state index is 13.0. The third-order valence-electron chi connectivity index (χ3n) is 3.31. The molecular formula is C11H20F2O. The topological polar surface area (TPSA) is 9.23 Å². The van der Waals surface area contributed by atoms with Crippen LogP contribution in [0.1, 0.15) is 51.9 Å². The highest BCUT2D eigenvalue weighted by Gasteiger charge is 2.42. The second kappa shape index (κ2) is 4.56. The van der Waals surface area contributed by atoms with Crippen LogP contribution in [0.25, 0.3) is 0 Å². The molecule has 0 aromatic carbocycles. The number of rotatable bonds is 4. The molecule has 3 heteroatoms. The Bertz CT molecular complexity index is 170. The number of alkyl halides is 2. The molecule has 0 amide bonds. The van der Waals surface area contributed by atoms with Crippen LogP contribution in [0.3, 0.4) is 0 Å². The van der Waals surface area contributed by atoms with E-state index in [9.17, 15) is 8.78 Å². The molecule has 0 saturated heterocycles. The van der Waals surface area contributed by atoms with Gasteiger partial charge < -0.3 is 4.74 Å². The summed E-state index contributed by atoms with van der Waals surface area (Å²) < 4.78 is 31.3.